The number of anilines is 2. The molecule has 0 unspecified atom stereocenters. The number of carbonyl (C=O) groups excluding carboxylic acids is 2. The van der Waals surface area contributed by atoms with Gasteiger partial charge in [0.15, 0.2) is 0 Å². The second kappa shape index (κ2) is 17.6. The quantitative estimate of drug-likeness (QED) is 0.183. The van der Waals surface area contributed by atoms with Crippen molar-refractivity contribution in [1.29, 1.82) is 0 Å². The molecule has 5 aromatic rings. The molecule has 5 aromatic carbocycles. The van der Waals surface area contributed by atoms with Crippen LogP contribution in [0.1, 0.15) is 88.2 Å². The number of ether oxygens (including phenoxy) is 1. The number of methoxy groups -OCH3 is 1. The van der Waals surface area contributed by atoms with Gasteiger partial charge in [-0.05, 0) is 92.5 Å². The third kappa shape index (κ3) is 10.9. The van der Waals surface area contributed by atoms with E-state index in [0.29, 0.717) is 11.1 Å². The third-order valence-electron chi connectivity index (χ3n) is 7.69. The molecule has 0 aromatic heterocycles. The Bertz CT molecular complexity index is 1820. The van der Waals surface area contributed by atoms with Crippen LogP contribution in [0.4, 0.5) is 11.4 Å². The van der Waals surface area contributed by atoms with Crippen LogP contribution in [0.5, 0.6) is 5.75 Å². The highest BCUT2D eigenvalue weighted by Crippen LogP contribution is 2.38. The average Bonchev–Trinajstić information content (AvgIpc) is 3.06. The molecule has 0 heterocycles. The molecule has 0 aliphatic heterocycles. The fourth-order valence-electron chi connectivity index (χ4n) is 4.86. The van der Waals surface area contributed by atoms with E-state index in [9.17, 15) is 9.59 Å². The zero-order chi connectivity index (χ0) is 34.2. The van der Waals surface area contributed by atoms with Gasteiger partial charge in [0.25, 0.3) is 11.8 Å². The van der Waals surface area contributed by atoms with Gasteiger partial charge < -0.3 is 15.4 Å². The maximum absolute atomic E-state index is 12.7. The van der Waals surface area contributed by atoms with Crippen LogP contribution in [0.3, 0.4) is 0 Å². The minimum atomic E-state index is -0.129. The standard InChI is InChI=1S/C24H25NO2.C17H18BrNO.2CH4/c1-24(2,3)18-14-15-21(25-23(26)17-10-6-5-7-11-17)20(16-18)19-12-8-9-13-22(19)27-4;1-17(2,3)13-9-10-15(14(18)11-13)19-16(20)12-7-5-4-6-8-12;;/h5-16H,1-4H3,(H,25,26);4-11H,1-3H3,(H,19,20);2*1H4. The molecule has 0 spiro atoms. The summed E-state index contributed by atoms with van der Waals surface area (Å²) < 4.78 is 6.45. The molecule has 49 heavy (non-hydrogen) atoms. The number of hydrogen-bond acceptors (Lipinski definition) is 3. The molecule has 0 fully saturated rings. The smallest absolute Gasteiger partial charge is 0.255 e. The second-order valence-corrected chi connectivity index (χ2v) is 14.1. The van der Waals surface area contributed by atoms with Crippen molar-refractivity contribution in [3.05, 3.63) is 148 Å². The zero-order valence-corrected chi connectivity index (χ0v) is 29.7. The zero-order valence-electron chi connectivity index (χ0n) is 28.1. The summed E-state index contributed by atoms with van der Waals surface area (Å²) in [6.45, 7) is 13.0. The van der Waals surface area contributed by atoms with Crippen LogP contribution in [0.2, 0.25) is 0 Å². The highest BCUT2D eigenvalue weighted by molar-refractivity contribution is 9.10. The number of para-hydroxylation sites is 1. The molecule has 0 aliphatic rings. The summed E-state index contributed by atoms with van der Waals surface area (Å²) in [5.74, 6) is 0.545. The van der Waals surface area contributed by atoms with Crippen LogP contribution < -0.4 is 15.4 Å². The van der Waals surface area contributed by atoms with Crippen LogP contribution in [0, 0.1) is 0 Å². The summed E-state index contributed by atoms with van der Waals surface area (Å²) in [7, 11) is 1.66. The fourth-order valence-corrected chi connectivity index (χ4v) is 5.34. The molecule has 2 N–H and O–H groups in total. The Morgan fingerprint density at radius 1 is 0.551 bits per heavy atom. The van der Waals surface area contributed by atoms with E-state index in [2.05, 4.69) is 86.3 Å². The van der Waals surface area contributed by atoms with Gasteiger partial charge in [0.1, 0.15) is 5.75 Å². The Morgan fingerprint density at radius 2 is 0.980 bits per heavy atom. The van der Waals surface area contributed by atoms with Gasteiger partial charge in [-0.15, -0.1) is 0 Å². The van der Waals surface area contributed by atoms with E-state index in [1.807, 2.05) is 91.0 Å². The normalized spacial score (nSPS) is 10.7. The molecular formula is C43H51BrN2O3. The van der Waals surface area contributed by atoms with Crippen molar-refractivity contribution < 1.29 is 14.3 Å². The summed E-state index contributed by atoms with van der Waals surface area (Å²) in [6, 6.07) is 38.5. The predicted molar refractivity (Wildman–Crippen MR) is 212 cm³/mol. The SMILES string of the molecule is C.C.CC(C)(C)c1ccc(NC(=O)c2ccccc2)c(Br)c1.COc1ccccc1-c1cc(C(C)(C)C)ccc1NC(=O)c1ccccc1. The number of nitrogens with one attached hydrogen (secondary N) is 2. The van der Waals surface area contributed by atoms with E-state index in [1.54, 1.807) is 19.2 Å². The second-order valence-electron chi connectivity index (χ2n) is 13.3. The molecule has 0 radical (unpaired) electrons. The Labute approximate surface area is 302 Å². The predicted octanol–water partition coefficient (Wildman–Crippen LogP) is 12.2. The van der Waals surface area contributed by atoms with Gasteiger partial charge in [-0.3, -0.25) is 9.59 Å². The maximum Gasteiger partial charge on any atom is 0.255 e. The van der Waals surface area contributed by atoms with E-state index >= 15 is 0 Å². The number of halogens is 1. The summed E-state index contributed by atoms with van der Waals surface area (Å²) >= 11 is 3.53. The van der Waals surface area contributed by atoms with Crippen molar-refractivity contribution in [2.75, 3.05) is 17.7 Å². The van der Waals surface area contributed by atoms with Crippen molar-refractivity contribution in [3.63, 3.8) is 0 Å². The lowest BCUT2D eigenvalue weighted by Crippen LogP contribution is -2.15. The Hall–Kier alpha value is -4.68. The molecule has 5 rings (SSSR count). The van der Waals surface area contributed by atoms with Gasteiger partial charge >= 0.3 is 0 Å². The Kier molecular flexibility index (Phi) is 14.6. The van der Waals surface area contributed by atoms with Gasteiger partial charge in [-0.1, -0.05) is 123 Å². The first-order chi connectivity index (χ1) is 22.3. The van der Waals surface area contributed by atoms with Crippen LogP contribution in [-0.2, 0) is 10.8 Å². The van der Waals surface area contributed by atoms with Gasteiger partial charge in [-0.25, -0.2) is 0 Å². The summed E-state index contributed by atoms with van der Waals surface area (Å²) in [6.07, 6.45) is 0. The highest BCUT2D eigenvalue weighted by atomic mass is 79.9. The minimum Gasteiger partial charge on any atom is -0.496 e. The lowest BCUT2D eigenvalue weighted by atomic mass is 9.85. The van der Waals surface area contributed by atoms with Crippen molar-refractivity contribution in [2.45, 2.75) is 67.2 Å². The van der Waals surface area contributed by atoms with E-state index in [0.717, 1.165) is 32.7 Å². The first-order valence-electron chi connectivity index (χ1n) is 15.6. The lowest BCUT2D eigenvalue weighted by molar-refractivity contribution is 0.101. The first-order valence-corrected chi connectivity index (χ1v) is 16.4. The number of benzene rings is 5. The Morgan fingerprint density at radius 3 is 1.45 bits per heavy atom. The largest absolute Gasteiger partial charge is 0.496 e. The van der Waals surface area contributed by atoms with Gasteiger partial charge in [0.2, 0.25) is 0 Å². The fraction of sp³-hybridized carbons (Fsp3) is 0.256. The topological polar surface area (TPSA) is 67.4 Å². The molecule has 0 bridgehead atoms. The number of carbonyl (C=O) groups is 2. The summed E-state index contributed by atoms with van der Waals surface area (Å²) in [4.78, 5) is 24.8. The molecular weight excluding hydrogens is 672 g/mol. The van der Waals surface area contributed by atoms with Crippen molar-refractivity contribution in [2.24, 2.45) is 0 Å². The van der Waals surface area contributed by atoms with E-state index in [1.165, 1.54) is 11.1 Å². The van der Waals surface area contributed by atoms with E-state index in [-0.39, 0.29) is 37.5 Å². The van der Waals surface area contributed by atoms with Crippen molar-refractivity contribution >= 4 is 39.1 Å². The number of rotatable bonds is 6. The number of amides is 2. The molecule has 0 saturated carbocycles. The van der Waals surface area contributed by atoms with E-state index < -0.39 is 0 Å². The highest BCUT2D eigenvalue weighted by Gasteiger charge is 2.19. The van der Waals surface area contributed by atoms with Crippen molar-refractivity contribution in [3.8, 4) is 16.9 Å². The molecule has 6 heteroatoms. The van der Waals surface area contributed by atoms with Gasteiger partial charge in [0, 0.05) is 32.4 Å². The van der Waals surface area contributed by atoms with Crippen molar-refractivity contribution in [1.82, 2.24) is 0 Å². The van der Waals surface area contributed by atoms with Crippen LogP contribution in [-0.4, -0.2) is 18.9 Å². The average molecular weight is 724 g/mol. The monoisotopic (exact) mass is 722 g/mol. The lowest BCUT2D eigenvalue weighted by Gasteiger charge is -2.22. The maximum atomic E-state index is 12.7. The first kappa shape index (κ1) is 40.5. The van der Waals surface area contributed by atoms with Gasteiger partial charge in [-0.2, -0.15) is 0 Å². The third-order valence-corrected chi connectivity index (χ3v) is 8.34. The molecule has 0 atom stereocenters. The minimum absolute atomic E-state index is 0. The van der Waals surface area contributed by atoms with E-state index in [4.69, 9.17) is 4.74 Å². The Balaban J connectivity index is 0.000000340. The summed E-state index contributed by atoms with van der Waals surface area (Å²) in [5.41, 5.74) is 7.24. The number of hydrogen-bond donors (Lipinski definition) is 2. The molecule has 5 nitrogen and oxygen atoms in total. The molecule has 0 saturated heterocycles. The molecule has 258 valence electrons. The summed E-state index contributed by atoms with van der Waals surface area (Å²) in [5, 5.41) is 5.98. The van der Waals surface area contributed by atoms with Crippen LogP contribution in [0.15, 0.2) is 126 Å². The van der Waals surface area contributed by atoms with Crippen LogP contribution >= 0.6 is 15.9 Å². The molecule has 2 amide bonds. The van der Waals surface area contributed by atoms with Crippen LogP contribution in [0.25, 0.3) is 11.1 Å². The molecule has 0 aliphatic carbocycles. The van der Waals surface area contributed by atoms with Gasteiger partial charge in [0.05, 0.1) is 12.8 Å².